The molecule has 0 heterocycles. The molecule has 94 valence electrons. The van der Waals surface area contributed by atoms with E-state index in [2.05, 4.69) is 62.4 Å². The van der Waals surface area contributed by atoms with E-state index >= 15 is 0 Å². The lowest BCUT2D eigenvalue weighted by molar-refractivity contribution is -0.00372. The van der Waals surface area contributed by atoms with Crippen molar-refractivity contribution in [3.05, 3.63) is 71.8 Å². The van der Waals surface area contributed by atoms with E-state index in [-0.39, 0.29) is 5.60 Å². The van der Waals surface area contributed by atoms with Crippen LogP contribution in [0, 0.1) is 0 Å². The molecular formula is C17H20O. The Balaban J connectivity index is 2.41. The highest BCUT2D eigenvalue weighted by atomic mass is 16.5. The molecule has 1 heteroatoms. The second-order valence-corrected chi connectivity index (χ2v) is 4.61. The summed E-state index contributed by atoms with van der Waals surface area (Å²) in [5.41, 5.74) is 2.03. The Kier molecular flexibility index (Phi) is 4.16. The third kappa shape index (κ3) is 2.62. The van der Waals surface area contributed by atoms with E-state index in [4.69, 9.17) is 4.74 Å². The Labute approximate surface area is 109 Å². The molecule has 0 aliphatic rings. The molecule has 1 nitrogen and oxygen atoms in total. The Hall–Kier alpha value is -1.60. The maximum Gasteiger partial charge on any atom is 0.115 e. The first kappa shape index (κ1) is 12.8. The van der Waals surface area contributed by atoms with E-state index < -0.39 is 0 Å². The van der Waals surface area contributed by atoms with E-state index in [9.17, 15) is 0 Å². The lowest BCUT2D eigenvalue weighted by Crippen LogP contribution is -2.27. The minimum Gasteiger partial charge on any atom is -0.366 e. The molecule has 0 aliphatic heterocycles. The molecule has 0 bridgehead atoms. The molecule has 0 fully saturated rings. The van der Waals surface area contributed by atoms with Gasteiger partial charge in [-0.2, -0.15) is 0 Å². The standard InChI is InChI=1S/C17H20O/c1-3-14-18-17(2,15-10-6-4-7-11-15)16-12-8-5-9-13-16/h4-13H,3,14H2,1-2H3. The van der Waals surface area contributed by atoms with Gasteiger partial charge in [-0.05, 0) is 24.5 Å². The maximum atomic E-state index is 6.15. The van der Waals surface area contributed by atoms with Crippen LogP contribution in [-0.2, 0) is 10.3 Å². The van der Waals surface area contributed by atoms with Crippen LogP contribution in [0.25, 0.3) is 0 Å². The van der Waals surface area contributed by atoms with Crippen molar-refractivity contribution in [1.82, 2.24) is 0 Å². The van der Waals surface area contributed by atoms with Gasteiger partial charge in [-0.15, -0.1) is 0 Å². The molecule has 0 spiro atoms. The molecule has 2 rings (SSSR count). The number of rotatable bonds is 5. The lowest BCUT2D eigenvalue weighted by Gasteiger charge is -2.31. The van der Waals surface area contributed by atoms with Crippen molar-refractivity contribution >= 4 is 0 Å². The van der Waals surface area contributed by atoms with Crippen LogP contribution in [0.2, 0.25) is 0 Å². The first-order valence-electron chi connectivity index (χ1n) is 6.52. The minimum absolute atomic E-state index is 0.363. The van der Waals surface area contributed by atoms with Crippen LogP contribution in [-0.4, -0.2) is 6.61 Å². The highest BCUT2D eigenvalue weighted by Gasteiger charge is 2.29. The van der Waals surface area contributed by atoms with Crippen LogP contribution in [0.3, 0.4) is 0 Å². The van der Waals surface area contributed by atoms with Crippen LogP contribution >= 0.6 is 0 Å². The average molecular weight is 240 g/mol. The van der Waals surface area contributed by atoms with Crippen molar-refractivity contribution in [2.24, 2.45) is 0 Å². The first-order chi connectivity index (χ1) is 8.77. The summed E-state index contributed by atoms with van der Waals surface area (Å²) in [5.74, 6) is 0. The summed E-state index contributed by atoms with van der Waals surface area (Å²) >= 11 is 0. The molecule has 2 aromatic rings. The van der Waals surface area contributed by atoms with Gasteiger partial charge in [0.25, 0.3) is 0 Å². The van der Waals surface area contributed by atoms with Gasteiger partial charge in [0.2, 0.25) is 0 Å². The van der Waals surface area contributed by atoms with Crippen molar-refractivity contribution < 1.29 is 4.74 Å². The SMILES string of the molecule is CCCOC(C)(c1ccccc1)c1ccccc1. The molecule has 0 unspecified atom stereocenters. The zero-order valence-corrected chi connectivity index (χ0v) is 11.1. The molecule has 0 amide bonds. The van der Waals surface area contributed by atoms with Gasteiger partial charge in [0.1, 0.15) is 5.60 Å². The van der Waals surface area contributed by atoms with E-state index in [0.29, 0.717) is 0 Å². The summed E-state index contributed by atoms with van der Waals surface area (Å²) in [6.07, 6.45) is 1.02. The van der Waals surface area contributed by atoms with E-state index in [1.165, 1.54) is 11.1 Å². The van der Waals surface area contributed by atoms with Gasteiger partial charge in [0.15, 0.2) is 0 Å². The Morgan fingerprint density at radius 2 is 1.28 bits per heavy atom. The quantitative estimate of drug-likeness (QED) is 0.753. The fourth-order valence-electron chi connectivity index (χ4n) is 2.15. The smallest absolute Gasteiger partial charge is 0.115 e. The fraction of sp³-hybridized carbons (Fsp3) is 0.294. The molecule has 2 aromatic carbocycles. The average Bonchev–Trinajstić information content (AvgIpc) is 2.46. The topological polar surface area (TPSA) is 9.23 Å². The second kappa shape index (κ2) is 5.83. The number of ether oxygens (including phenoxy) is 1. The molecule has 0 N–H and O–H groups in total. The maximum absolute atomic E-state index is 6.15. The zero-order valence-electron chi connectivity index (χ0n) is 11.1. The summed E-state index contributed by atoms with van der Waals surface area (Å²) in [7, 11) is 0. The van der Waals surface area contributed by atoms with Gasteiger partial charge in [-0.1, -0.05) is 67.6 Å². The molecule has 0 saturated heterocycles. The molecule has 0 saturated carbocycles. The van der Waals surface area contributed by atoms with Gasteiger partial charge in [0.05, 0.1) is 0 Å². The van der Waals surface area contributed by atoms with E-state index in [1.54, 1.807) is 0 Å². The number of hydrogen-bond acceptors (Lipinski definition) is 1. The van der Waals surface area contributed by atoms with Crippen LogP contribution in [0.4, 0.5) is 0 Å². The highest BCUT2D eigenvalue weighted by Crippen LogP contribution is 2.33. The first-order valence-corrected chi connectivity index (χ1v) is 6.52. The lowest BCUT2D eigenvalue weighted by atomic mass is 9.88. The predicted molar refractivity (Wildman–Crippen MR) is 75.6 cm³/mol. The molecule has 0 radical (unpaired) electrons. The summed E-state index contributed by atoms with van der Waals surface area (Å²) in [5, 5.41) is 0. The van der Waals surface area contributed by atoms with Crippen molar-refractivity contribution in [1.29, 1.82) is 0 Å². The van der Waals surface area contributed by atoms with Gasteiger partial charge in [-0.3, -0.25) is 0 Å². The summed E-state index contributed by atoms with van der Waals surface area (Å²) in [6, 6.07) is 20.8. The van der Waals surface area contributed by atoms with Crippen LogP contribution < -0.4 is 0 Å². The fourth-order valence-corrected chi connectivity index (χ4v) is 2.15. The van der Waals surface area contributed by atoms with Gasteiger partial charge < -0.3 is 4.74 Å². The summed E-state index contributed by atoms with van der Waals surface area (Å²) in [4.78, 5) is 0. The van der Waals surface area contributed by atoms with E-state index in [1.807, 2.05) is 12.1 Å². The normalized spacial score (nSPS) is 11.4. The van der Waals surface area contributed by atoms with Crippen molar-refractivity contribution in [2.75, 3.05) is 6.61 Å². The minimum atomic E-state index is -0.363. The zero-order chi connectivity index (χ0) is 12.8. The number of benzene rings is 2. The second-order valence-electron chi connectivity index (χ2n) is 4.61. The van der Waals surface area contributed by atoms with E-state index in [0.717, 1.165) is 13.0 Å². The van der Waals surface area contributed by atoms with Crippen LogP contribution in [0.15, 0.2) is 60.7 Å². The number of hydrogen-bond donors (Lipinski definition) is 0. The van der Waals surface area contributed by atoms with Gasteiger partial charge >= 0.3 is 0 Å². The molecule has 18 heavy (non-hydrogen) atoms. The third-order valence-electron chi connectivity index (χ3n) is 3.24. The Morgan fingerprint density at radius 1 is 0.833 bits per heavy atom. The summed E-state index contributed by atoms with van der Waals surface area (Å²) < 4.78 is 6.15. The molecule has 0 atom stereocenters. The van der Waals surface area contributed by atoms with Crippen LogP contribution in [0.1, 0.15) is 31.4 Å². The van der Waals surface area contributed by atoms with Crippen LogP contribution in [0.5, 0.6) is 0 Å². The molecule has 0 aromatic heterocycles. The van der Waals surface area contributed by atoms with Crippen molar-refractivity contribution in [3.8, 4) is 0 Å². The Bertz CT molecular complexity index is 422. The van der Waals surface area contributed by atoms with Gasteiger partial charge in [0, 0.05) is 6.61 Å². The third-order valence-corrected chi connectivity index (χ3v) is 3.24. The predicted octanol–water partition coefficient (Wildman–Crippen LogP) is 4.38. The summed E-state index contributed by atoms with van der Waals surface area (Å²) in [6.45, 7) is 5.05. The monoisotopic (exact) mass is 240 g/mol. The largest absolute Gasteiger partial charge is 0.366 e. The van der Waals surface area contributed by atoms with Crippen molar-refractivity contribution in [3.63, 3.8) is 0 Å². The Morgan fingerprint density at radius 3 is 1.67 bits per heavy atom. The highest BCUT2D eigenvalue weighted by molar-refractivity contribution is 5.35. The van der Waals surface area contributed by atoms with Crippen molar-refractivity contribution in [2.45, 2.75) is 25.9 Å². The van der Waals surface area contributed by atoms with Gasteiger partial charge in [-0.25, -0.2) is 0 Å². The molecular weight excluding hydrogens is 220 g/mol. The molecule has 0 aliphatic carbocycles.